The van der Waals surface area contributed by atoms with Crippen LogP contribution in [0.4, 0.5) is 0 Å². The fraction of sp³-hybridized carbons (Fsp3) is 0.711. The van der Waals surface area contributed by atoms with Crippen LogP contribution in [-0.2, 0) is 9.53 Å². The van der Waals surface area contributed by atoms with Gasteiger partial charge < -0.3 is 14.6 Å². The van der Waals surface area contributed by atoms with Gasteiger partial charge in [0.1, 0.15) is 6.10 Å². The third kappa shape index (κ3) is 4.84. The standard InChI is InChI=1S/C38H54O4/c1-24(2)25(3)7-8-26(4)30-13-14-31-32-12-11-28-22-29(17-18-37(28)23-38(32,37)20-19-36(30,31)5)42-35(40)16-10-27-9-15-33(39)34(21-27)41-6/h9-11,15-16,21,24-26,29-32,39H,7-8,12-14,17-20,22-23H2,1-6H3/b16-10+/t25-,26+,29?,30+,31-,32-,36+,37+,38-/m0/s1. The molecule has 0 amide bonds. The molecule has 5 aliphatic rings. The summed E-state index contributed by atoms with van der Waals surface area (Å²) in [7, 11) is 1.52. The lowest BCUT2D eigenvalue weighted by molar-refractivity contribution is -0.144. The van der Waals surface area contributed by atoms with E-state index in [4.69, 9.17) is 9.47 Å². The number of phenolic OH excluding ortho intramolecular Hbond substituents is 1. The minimum Gasteiger partial charge on any atom is -0.504 e. The van der Waals surface area contributed by atoms with Gasteiger partial charge in [-0.05, 0) is 127 Å². The summed E-state index contributed by atoms with van der Waals surface area (Å²) in [5.74, 6) is 5.29. The van der Waals surface area contributed by atoms with Gasteiger partial charge in [-0.15, -0.1) is 0 Å². The fourth-order valence-corrected chi connectivity index (χ4v) is 10.8. The third-order valence-corrected chi connectivity index (χ3v) is 13.6. The summed E-state index contributed by atoms with van der Waals surface area (Å²) >= 11 is 0. The summed E-state index contributed by atoms with van der Waals surface area (Å²) in [6.45, 7) is 12.5. The summed E-state index contributed by atoms with van der Waals surface area (Å²) < 4.78 is 11.1. The van der Waals surface area contributed by atoms with Crippen LogP contribution in [0.25, 0.3) is 6.08 Å². The molecular weight excluding hydrogens is 520 g/mol. The van der Waals surface area contributed by atoms with Crippen molar-refractivity contribution in [2.24, 2.45) is 51.8 Å². The van der Waals surface area contributed by atoms with Crippen molar-refractivity contribution in [1.29, 1.82) is 0 Å². The van der Waals surface area contributed by atoms with Crippen molar-refractivity contribution in [3.63, 3.8) is 0 Å². The normalized spacial score (nSPS) is 38.1. The molecule has 0 bridgehead atoms. The maximum absolute atomic E-state index is 12.7. The van der Waals surface area contributed by atoms with Crippen LogP contribution in [-0.4, -0.2) is 24.3 Å². The van der Waals surface area contributed by atoms with Crippen LogP contribution in [0, 0.1) is 51.8 Å². The van der Waals surface area contributed by atoms with E-state index in [1.807, 2.05) is 0 Å². The fourth-order valence-electron chi connectivity index (χ4n) is 10.8. The number of methoxy groups -OCH3 is 1. The van der Waals surface area contributed by atoms with Gasteiger partial charge in [0, 0.05) is 12.5 Å². The monoisotopic (exact) mass is 574 g/mol. The van der Waals surface area contributed by atoms with E-state index in [0.717, 1.165) is 53.9 Å². The van der Waals surface area contributed by atoms with Crippen molar-refractivity contribution in [2.75, 3.05) is 7.11 Å². The molecule has 1 aromatic rings. The van der Waals surface area contributed by atoms with Crippen molar-refractivity contribution >= 4 is 12.0 Å². The van der Waals surface area contributed by atoms with E-state index in [1.165, 1.54) is 71.0 Å². The number of aromatic hydroxyl groups is 1. The number of esters is 1. The smallest absolute Gasteiger partial charge is 0.331 e. The molecule has 1 N–H and O–H groups in total. The molecule has 1 unspecified atom stereocenters. The first-order valence-electron chi connectivity index (χ1n) is 17.0. The van der Waals surface area contributed by atoms with Gasteiger partial charge >= 0.3 is 5.97 Å². The van der Waals surface area contributed by atoms with Gasteiger partial charge in [-0.1, -0.05) is 65.2 Å². The predicted molar refractivity (Wildman–Crippen MR) is 169 cm³/mol. The summed E-state index contributed by atoms with van der Waals surface area (Å²) in [4.78, 5) is 12.7. The van der Waals surface area contributed by atoms with Crippen LogP contribution in [0.3, 0.4) is 0 Å². The molecule has 2 spiro atoms. The quantitative estimate of drug-likeness (QED) is 0.181. The molecule has 9 atom stereocenters. The second-order valence-electron chi connectivity index (χ2n) is 15.6. The molecule has 0 radical (unpaired) electrons. The molecule has 5 aliphatic carbocycles. The Hall–Kier alpha value is -2.23. The first-order valence-corrected chi connectivity index (χ1v) is 17.0. The highest BCUT2D eigenvalue weighted by atomic mass is 16.5. The Morgan fingerprint density at radius 2 is 1.88 bits per heavy atom. The first kappa shape index (κ1) is 29.8. The average Bonchev–Trinajstić information content (AvgIpc) is 3.51. The Balaban J connectivity index is 1.09. The number of rotatable bonds is 9. The second-order valence-corrected chi connectivity index (χ2v) is 15.6. The van der Waals surface area contributed by atoms with Gasteiger partial charge in [0.25, 0.3) is 0 Å². The number of fused-ring (bicyclic) bond motifs is 2. The number of ether oxygens (including phenoxy) is 2. The van der Waals surface area contributed by atoms with Gasteiger partial charge in [-0.2, -0.15) is 0 Å². The molecular formula is C38H54O4. The summed E-state index contributed by atoms with van der Waals surface area (Å²) in [5, 5.41) is 9.82. The molecule has 4 heteroatoms. The van der Waals surface area contributed by atoms with Crippen LogP contribution in [0.1, 0.15) is 111 Å². The molecule has 0 heterocycles. The molecule has 4 fully saturated rings. The largest absolute Gasteiger partial charge is 0.504 e. The number of hydrogen-bond acceptors (Lipinski definition) is 4. The Labute approximate surface area is 254 Å². The van der Waals surface area contributed by atoms with Gasteiger partial charge in [0.2, 0.25) is 0 Å². The summed E-state index contributed by atoms with van der Waals surface area (Å²) in [5.41, 5.74) is 3.85. The lowest BCUT2D eigenvalue weighted by Gasteiger charge is -2.54. The maximum atomic E-state index is 12.7. The molecule has 0 aliphatic heterocycles. The van der Waals surface area contributed by atoms with E-state index < -0.39 is 0 Å². The maximum Gasteiger partial charge on any atom is 0.331 e. The summed E-state index contributed by atoms with van der Waals surface area (Å²) in [6.07, 6.45) is 20.0. The Kier molecular flexibility index (Phi) is 7.84. The number of benzene rings is 1. The van der Waals surface area contributed by atoms with E-state index in [-0.39, 0.29) is 17.8 Å². The van der Waals surface area contributed by atoms with Crippen molar-refractivity contribution < 1.29 is 19.4 Å². The van der Waals surface area contributed by atoms with Crippen LogP contribution in [0.5, 0.6) is 11.5 Å². The van der Waals surface area contributed by atoms with E-state index in [9.17, 15) is 9.90 Å². The minimum absolute atomic E-state index is 0.0265. The van der Waals surface area contributed by atoms with Gasteiger partial charge in [0.15, 0.2) is 11.5 Å². The molecule has 230 valence electrons. The number of carbonyl (C=O) groups excluding carboxylic acids is 1. The SMILES string of the molecule is COc1cc(/C=C/C(=O)OC2CC[C@]34C[C@]35CC[C@]3(C)[C@@H]([C@H](C)CC[C@H](C)C(C)C)CC[C@H]3[C@@H]5CC=C4C2)ccc1O. The van der Waals surface area contributed by atoms with Crippen LogP contribution >= 0.6 is 0 Å². The van der Waals surface area contributed by atoms with Crippen molar-refractivity contribution in [1.82, 2.24) is 0 Å². The van der Waals surface area contributed by atoms with E-state index in [0.29, 0.717) is 22.0 Å². The van der Waals surface area contributed by atoms with Gasteiger partial charge in [-0.25, -0.2) is 4.79 Å². The van der Waals surface area contributed by atoms with E-state index >= 15 is 0 Å². The lowest BCUT2D eigenvalue weighted by Crippen LogP contribution is -2.47. The molecule has 1 aromatic carbocycles. The van der Waals surface area contributed by atoms with Gasteiger partial charge in [0.05, 0.1) is 7.11 Å². The molecule has 4 saturated carbocycles. The Morgan fingerprint density at radius 3 is 2.64 bits per heavy atom. The molecule has 0 aromatic heterocycles. The van der Waals surface area contributed by atoms with E-state index in [1.54, 1.807) is 29.8 Å². The third-order valence-electron chi connectivity index (χ3n) is 13.6. The lowest BCUT2D eigenvalue weighted by atomic mass is 9.50. The highest BCUT2D eigenvalue weighted by Gasteiger charge is 2.76. The predicted octanol–water partition coefficient (Wildman–Crippen LogP) is 9.37. The zero-order valence-electron chi connectivity index (χ0n) is 27.0. The van der Waals surface area contributed by atoms with E-state index in [2.05, 4.69) is 40.7 Å². The number of carbonyl (C=O) groups is 1. The average molecular weight is 575 g/mol. The van der Waals surface area contributed by atoms with Crippen molar-refractivity contribution in [2.45, 2.75) is 111 Å². The van der Waals surface area contributed by atoms with Crippen molar-refractivity contribution in [3.05, 3.63) is 41.5 Å². The minimum atomic E-state index is -0.287. The number of phenols is 1. The van der Waals surface area contributed by atoms with Crippen LogP contribution in [0.2, 0.25) is 0 Å². The zero-order chi connectivity index (χ0) is 29.9. The topological polar surface area (TPSA) is 55.8 Å². The van der Waals surface area contributed by atoms with Gasteiger partial charge in [-0.3, -0.25) is 0 Å². The highest BCUT2D eigenvalue weighted by Crippen LogP contribution is 2.84. The van der Waals surface area contributed by atoms with Crippen molar-refractivity contribution in [3.8, 4) is 11.5 Å². The van der Waals surface area contributed by atoms with Crippen LogP contribution in [0.15, 0.2) is 35.9 Å². The number of allylic oxidation sites excluding steroid dienone is 1. The Morgan fingerprint density at radius 1 is 1.07 bits per heavy atom. The number of hydrogen-bond donors (Lipinski definition) is 1. The highest BCUT2D eigenvalue weighted by molar-refractivity contribution is 5.87. The molecule has 0 saturated heterocycles. The molecule has 42 heavy (non-hydrogen) atoms. The molecule has 4 nitrogen and oxygen atoms in total. The Bertz CT molecular complexity index is 1250. The second kappa shape index (κ2) is 11.0. The summed E-state index contributed by atoms with van der Waals surface area (Å²) in [6, 6.07) is 5.06. The van der Waals surface area contributed by atoms with Crippen LogP contribution < -0.4 is 4.74 Å². The first-order chi connectivity index (χ1) is 20.0. The molecule has 6 rings (SSSR count). The zero-order valence-corrected chi connectivity index (χ0v) is 27.0.